The van der Waals surface area contributed by atoms with Crippen LogP contribution in [0.4, 0.5) is 11.6 Å². The van der Waals surface area contributed by atoms with Crippen molar-refractivity contribution >= 4 is 11.6 Å². The van der Waals surface area contributed by atoms with Gasteiger partial charge in [0.25, 0.3) is 0 Å². The number of anilines is 1. The first-order valence-electron chi connectivity index (χ1n) is 2.54. The normalized spacial score (nSPS) is 9.70. The summed E-state index contributed by atoms with van der Waals surface area (Å²) in [5.74, 6) is -0.215. The van der Waals surface area contributed by atoms with Crippen LogP contribution in [0.2, 0.25) is 0 Å². The third-order valence-electron chi connectivity index (χ3n) is 1.14. The molecule has 0 spiro atoms. The number of nitro groups is 1. The molecule has 54 valence electrons. The lowest BCUT2D eigenvalue weighted by Gasteiger charge is -1.90. The molecular formula is C4H6N4O2. The molecule has 6 heteroatoms. The zero-order chi connectivity index (χ0) is 7.72. The van der Waals surface area contributed by atoms with Crippen LogP contribution in [-0.2, 0) is 7.05 Å². The molecule has 0 aliphatic rings. The molecule has 0 unspecified atom stereocenters. The number of nitrogens with two attached hydrogens (primary N) is 1. The van der Waals surface area contributed by atoms with Crippen LogP contribution in [0.5, 0.6) is 0 Å². The zero-order valence-electron chi connectivity index (χ0n) is 5.31. The van der Waals surface area contributed by atoms with E-state index in [1.165, 1.54) is 10.9 Å². The van der Waals surface area contributed by atoms with Gasteiger partial charge in [-0.1, -0.05) is 0 Å². The van der Waals surface area contributed by atoms with E-state index >= 15 is 0 Å². The molecule has 0 aliphatic carbocycles. The maximum Gasteiger partial charge on any atom is 0.406 e. The van der Waals surface area contributed by atoms with Crippen molar-refractivity contribution in [2.24, 2.45) is 7.05 Å². The third kappa shape index (κ3) is 0.790. The summed E-state index contributed by atoms with van der Waals surface area (Å²) in [4.78, 5) is 12.9. The standard InChI is InChI=1S/C4H6N4O2/c1-7-2-6-4(3(7)5)8(9)10/h2H,5H2,1H3. The first kappa shape index (κ1) is 6.53. The fraction of sp³-hybridized carbons (Fsp3) is 0.250. The van der Waals surface area contributed by atoms with E-state index < -0.39 is 4.92 Å². The first-order chi connectivity index (χ1) is 4.63. The van der Waals surface area contributed by atoms with E-state index in [1.807, 2.05) is 0 Å². The monoisotopic (exact) mass is 142 g/mol. The van der Waals surface area contributed by atoms with Gasteiger partial charge in [0.2, 0.25) is 12.1 Å². The molecule has 0 amide bonds. The Morgan fingerprint density at radius 3 is 2.70 bits per heavy atom. The van der Waals surface area contributed by atoms with Crippen LogP contribution < -0.4 is 5.73 Å². The Morgan fingerprint density at radius 2 is 2.50 bits per heavy atom. The molecule has 0 fully saturated rings. The minimum atomic E-state index is -0.616. The molecule has 1 aromatic rings. The van der Waals surface area contributed by atoms with Crippen molar-refractivity contribution in [3.8, 4) is 0 Å². The van der Waals surface area contributed by atoms with E-state index in [4.69, 9.17) is 5.73 Å². The average molecular weight is 142 g/mol. The summed E-state index contributed by atoms with van der Waals surface area (Å²) in [5, 5.41) is 10.1. The van der Waals surface area contributed by atoms with Gasteiger partial charge in [-0.05, 0) is 9.91 Å². The van der Waals surface area contributed by atoms with Crippen LogP contribution >= 0.6 is 0 Å². The number of aromatic nitrogens is 2. The molecule has 1 aromatic heterocycles. The molecule has 6 nitrogen and oxygen atoms in total. The van der Waals surface area contributed by atoms with Gasteiger partial charge in [0, 0.05) is 7.05 Å². The molecule has 1 heterocycles. The Kier molecular flexibility index (Phi) is 1.29. The van der Waals surface area contributed by atoms with Gasteiger partial charge in [-0.15, -0.1) is 0 Å². The predicted octanol–water partition coefficient (Wildman–Crippen LogP) is -0.0895. The summed E-state index contributed by atoms with van der Waals surface area (Å²) >= 11 is 0. The number of nitrogen functional groups attached to an aromatic ring is 1. The van der Waals surface area contributed by atoms with Gasteiger partial charge in [-0.2, -0.15) is 0 Å². The molecule has 2 N–H and O–H groups in total. The summed E-state index contributed by atoms with van der Waals surface area (Å²) in [6.07, 6.45) is 1.30. The minimum Gasteiger partial charge on any atom is -0.378 e. The highest BCUT2D eigenvalue weighted by Crippen LogP contribution is 2.15. The SMILES string of the molecule is Cn1cnc([N+](=O)[O-])c1N. The van der Waals surface area contributed by atoms with Crippen LogP contribution in [0.25, 0.3) is 0 Å². The molecule has 0 bridgehead atoms. The summed E-state index contributed by atoms with van der Waals surface area (Å²) < 4.78 is 1.39. The molecule has 0 atom stereocenters. The maximum absolute atomic E-state index is 10.1. The molecule has 1 rings (SSSR count). The molecule has 10 heavy (non-hydrogen) atoms. The lowest BCUT2D eigenvalue weighted by molar-refractivity contribution is -0.388. The molecule has 0 saturated heterocycles. The molecule has 0 aromatic carbocycles. The van der Waals surface area contributed by atoms with Crippen molar-refractivity contribution in [2.45, 2.75) is 0 Å². The summed E-state index contributed by atoms with van der Waals surface area (Å²) in [6, 6.07) is 0. The van der Waals surface area contributed by atoms with Gasteiger partial charge in [0.1, 0.15) is 0 Å². The molecule has 0 radical (unpaired) electrons. The van der Waals surface area contributed by atoms with Crippen molar-refractivity contribution in [3.63, 3.8) is 0 Å². The van der Waals surface area contributed by atoms with E-state index in [9.17, 15) is 10.1 Å². The second kappa shape index (κ2) is 1.98. The van der Waals surface area contributed by atoms with Gasteiger partial charge in [0.15, 0.2) is 0 Å². The highest BCUT2D eigenvalue weighted by Gasteiger charge is 2.15. The number of hydrogen-bond acceptors (Lipinski definition) is 4. The number of rotatable bonds is 1. The van der Waals surface area contributed by atoms with Gasteiger partial charge in [-0.3, -0.25) is 4.57 Å². The zero-order valence-corrected chi connectivity index (χ0v) is 5.31. The second-order valence-electron chi connectivity index (χ2n) is 1.82. The van der Waals surface area contributed by atoms with Gasteiger partial charge < -0.3 is 15.8 Å². The fourth-order valence-corrected chi connectivity index (χ4v) is 0.568. The number of nitrogens with zero attached hydrogens (tertiary/aromatic N) is 3. The molecular weight excluding hydrogens is 136 g/mol. The highest BCUT2D eigenvalue weighted by atomic mass is 16.6. The fourth-order valence-electron chi connectivity index (χ4n) is 0.568. The topological polar surface area (TPSA) is 87.0 Å². The number of imidazole rings is 1. The van der Waals surface area contributed by atoms with E-state index in [0.29, 0.717) is 0 Å². The van der Waals surface area contributed by atoms with Crippen molar-refractivity contribution in [3.05, 3.63) is 16.4 Å². The summed E-state index contributed by atoms with van der Waals surface area (Å²) in [7, 11) is 1.59. The lowest BCUT2D eigenvalue weighted by atomic mass is 10.7. The smallest absolute Gasteiger partial charge is 0.378 e. The van der Waals surface area contributed by atoms with E-state index in [1.54, 1.807) is 7.05 Å². The van der Waals surface area contributed by atoms with Gasteiger partial charge in [-0.25, -0.2) is 0 Å². The van der Waals surface area contributed by atoms with Crippen LogP contribution in [0.1, 0.15) is 0 Å². The van der Waals surface area contributed by atoms with E-state index in [-0.39, 0.29) is 11.6 Å². The van der Waals surface area contributed by atoms with Gasteiger partial charge >= 0.3 is 5.82 Å². The quantitative estimate of drug-likeness (QED) is 0.438. The third-order valence-corrected chi connectivity index (χ3v) is 1.14. The Morgan fingerprint density at radius 1 is 1.90 bits per heavy atom. The van der Waals surface area contributed by atoms with E-state index in [2.05, 4.69) is 4.98 Å². The van der Waals surface area contributed by atoms with Crippen molar-refractivity contribution < 1.29 is 4.92 Å². The average Bonchev–Trinajstić information content (AvgIpc) is 2.14. The largest absolute Gasteiger partial charge is 0.406 e. The van der Waals surface area contributed by atoms with Crippen LogP contribution in [-0.4, -0.2) is 14.5 Å². The summed E-state index contributed by atoms with van der Waals surface area (Å²) in [5.41, 5.74) is 5.26. The Hall–Kier alpha value is -1.59. The number of aryl methyl sites for hydroxylation is 1. The van der Waals surface area contributed by atoms with E-state index in [0.717, 1.165) is 0 Å². The first-order valence-corrected chi connectivity index (χ1v) is 2.54. The number of hydrogen-bond donors (Lipinski definition) is 1. The molecule has 0 saturated carbocycles. The maximum atomic E-state index is 10.1. The van der Waals surface area contributed by atoms with Crippen molar-refractivity contribution in [1.29, 1.82) is 0 Å². The van der Waals surface area contributed by atoms with Crippen molar-refractivity contribution in [2.75, 3.05) is 5.73 Å². The van der Waals surface area contributed by atoms with Crippen molar-refractivity contribution in [1.82, 2.24) is 9.55 Å². The van der Waals surface area contributed by atoms with Crippen LogP contribution in [0.3, 0.4) is 0 Å². The van der Waals surface area contributed by atoms with Crippen LogP contribution in [0, 0.1) is 10.1 Å². The molecule has 0 aliphatic heterocycles. The van der Waals surface area contributed by atoms with Gasteiger partial charge in [0.05, 0.1) is 0 Å². The summed E-state index contributed by atoms with van der Waals surface area (Å²) in [6.45, 7) is 0. The Labute approximate surface area is 56.4 Å². The second-order valence-corrected chi connectivity index (χ2v) is 1.82. The highest BCUT2D eigenvalue weighted by molar-refractivity contribution is 5.46. The Balaban J connectivity index is 3.17. The van der Waals surface area contributed by atoms with Crippen LogP contribution in [0.15, 0.2) is 6.33 Å². The Bertz CT molecular complexity index is 266. The lowest BCUT2D eigenvalue weighted by Crippen LogP contribution is -1.98. The minimum absolute atomic E-state index is 0.0741. The predicted molar refractivity (Wildman–Crippen MR) is 34.3 cm³/mol.